The van der Waals surface area contributed by atoms with Gasteiger partial charge in [0.05, 0.1) is 11.4 Å². The minimum Gasteiger partial charge on any atom is -0.295 e. The van der Waals surface area contributed by atoms with Crippen LogP contribution < -0.4 is 0 Å². The molecule has 142 valence electrons. The third-order valence-corrected chi connectivity index (χ3v) is 7.32. The number of aromatic amines is 1. The zero-order valence-electron chi connectivity index (χ0n) is 15.9. The lowest BCUT2D eigenvalue weighted by Gasteiger charge is -2.43. The Hall–Kier alpha value is -1.70. The van der Waals surface area contributed by atoms with Crippen molar-refractivity contribution in [2.45, 2.75) is 51.1 Å². The van der Waals surface area contributed by atoms with E-state index in [0.717, 1.165) is 13.0 Å². The molecule has 1 aromatic heterocycles. The second-order valence-electron chi connectivity index (χ2n) is 7.26. The van der Waals surface area contributed by atoms with Gasteiger partial charge in [-0.3, -0.25) is 10.00 Å². The molecule has 0 radical (unpaired) electrons. The van der Waals surface area contributed by atoms with Crippen LogP contribution in [0.15, 0.2) is 35.2 Å². The van der Waals surface area contributed by atoms with Crippen molar-refractivity contribution in [1.29, 1.82) is 0 Å². The van der Waals surface area contributed by atoms with Gasteiger partial charge in [-0.15, -0.1) is 0 Å². The molecule has 0 saturated carbocycles. The summed E-state index contributed by atoms with van der Waals surface area (Å²) in [4.78, 5) is 2.74. The molecule has 1 N–H and O–H groups in total. The highest BCUT2D eigenvalue weighted by molar-refractivity contribution is 7.89. The van der Waals surface area contributed by atoms with Gasteiger partial charge in [-0.25, -0.2) is 8.42 Å². The summed E-state index contributed by atoms with van der Waals surface area (Å²) in [6.45, 7) is 9.66. The van der Waals surface area contributed by atoms with E-state index in [4.69, 9.17) is 0 Å². The van der Waals surface area contributed by atoms with Gasteiger partial charge in [-0.2, -0.15) is 9.40 Å². The molecule has 2 unspecified atom stereocenters. The van der Waals surface area contributed by atoms with Crippen molar-refractivity contribution in [3.8, 4) is 0 Å². The Labute approximate surface area is 156 Å². The second-order valence-corrected chi connectivity index (χ2v) is 9.13. The Balaban J connectivity index is 1.72. The molecule has 1 aliphatic heterocycles. The molecule has 0 amide bonds. The SMILES string of the molecule is Cc1n[nH]c(C)c1S(=O)(=O)N1CC(C)N(CCc2ccccc2)C(C)C1. The lowest BCUT2D eigenvalue weighted by molar-refractivity contribution is 0.0783. The van der Waals surface area contributed by atoms with Crippen molar-refractivity contribution in [2.75, 3.05) is 19.6 Å². The van der Waals surface area contributed by atoms with Gasteiger partial charge >= 0.3 is 0 Å². The van der Waals surface area contributed by atoms with Gasteiger partial charge < -0.3 is 0 Å². The molecule has 2 aromatic rings. The molecular weight excluding hydrogens is 348 g/mol. The van der Waals surface area contributed by atoms with Gasteiger partial charge in [0, 0.05) is 31.7 Å². The summed E-state index contributed by atoms with van der Waals surface area (Å²) >= 11 is 0. The number of piperazine rings is 1. The predicted molar refractivity (Wildman–Crippen MR) is 103 cm³/mol. The number of aryl methyl sites for hydroxylation is 2. The summed E-state index contributed by atoms with van der Waals surface area (Å²) in [5, 5.41) is 6.84. The summed E-state index contributed by atoms with van der Waals surface area (Å²) in [5.74, 6) is 0. The first kappa shape index (κ1) is 19.1. The molecule has 26 heavy (non-hydrogen) atoms. The zero-order chi connectivity index (χ0) is 18.9. The molecular formula is C19H28N4O2S. The van der Waals surface area contributed by atoms with E-state index in [9.17, 15) is 8.42 Å². The molecule has 1 aromatic carbocycles. The third-order valence-electron chi connectivity index (χ3n) is 5.23. The fourth-order valence-corrected chi connectivity index (χ4v) is 5.83. The van der Waals surface area contributed by atoms with Crippen molar-refractivity contribution in [3.05, 3.63) is 47.3 Å². The molecule has 2 heterocycles. The van der Waals surface area contributed by atoms with Crippen LogP contribution in [0.5, 0.6) is 0 Å². The van der Waals surface area contributed by atoms with E-state index in [1.807, 2.05) is 6.07 Å². The molecule has 0 aliphatic carbocycles. The number of sulfonamides is 1. The van der Waals surface area contributed by atoms with E-state index in [0.29, 0.717) is 29.4 Å². The van der Waals surface area contributed by atoms with Crippen LogP contribution in [0.25, 0.3) is 0 Å². The number of nitrogens with zero attached hydrogens (tertiary/aromatic N) is 3. The number of hydrogen-bond acceptors (Lipinski definition) is 4. The van der Waals surface area contributed by atoms with Crippen LogP contribution in [-0.2, 0) is 16.4 Å². The third kappa shape index (κ3) is 3.70. The smallest absolute Gasteiger partial charge is 0.246 e. The summed E-state index contributed by atoms with van der Waals surface area (Å²) in [5.41, 5.74) is 2.45. The van der Waals surface area contributed by atoms with Crippen LogP contribution in [0.3, 0.4) is 0 Å². The van der Waals surface area contributed by atoms with Gasteiger partial charge in [-0.05, 0) is 39.7 Å². The zero-order valence-corrected chi connectivity index (χ0v) is 16.8. The first-order valence-corrected chi connectivity index (χ1v) is 10.6. The van der Waals surface area contributed by atoms with Gasteiger partial charge in [0.15, 0.2) is 0 Å². The summed E-state index contributed by atoms with van der Waals surface area (Å²) in [6.07, 6.45) is 0.974. The predicted octanol–water partition coefficient (Wildman–Crippen LogP) is 2.35. The largest absolute Gasteiger partial charge is 0.295 e. The number of nitrogens with one attached hydrogen (secondary N) is 1. The molecule has 3 rings (SSSR count). The number of hydrogen-bond donors (Lipinski definition) is 1. The van der Waals surface area contributed by atoms with E-state index >= 15 is 0 Å². The van der Waals surface area contributed by atoms with Crippen LogP contribution in [0.1, 0.15) is 30.8 Å². The fourth-order valence-electron chi connectivity index (χ4n) is 3.90. The molecule has 2 atom stereocenters. The fraction of sp³-hybridized carbons (Fsp3) is 0.526. The van der Waals surface area contributed by atoms with Crippen LogP contribution >= 0.6 is 0 Å². The number of aromatic nitrogens is 2. The molecule has 0 bridgehead atoms. The maximum absolute atomic E-state index is 13.1. The lowest BCUT2D eigenvalue weighted by atomic mass is 10.1. The minimum absolute atomic E-state index is 0.171. The summed E-state index contributed by atoms with van der Waals surface area (Å²) < 4.78 is 27.8. The molecule has 6 nitrogen and oxygen atoms in total. The van der Waals surface area contributed by atoms with Gasteiger partial charge in [0.2, 0.25) is 10.0 Å². The van der Waals surface area contributed by atoms with Crippen LogP contribution in [0.2, 0.25) is 0 Å². The average Bonchev–Trinajstić information content (AvgIpc) is 2.94. The Morgan fingerprint density at radius 1 is 1.12 bits per heavy atom. The van der Waals surface area contributed by atoms with Gasteiger partial charge in [0.1, 0.15) is 4.90 Å². The van der Waals surface area contributed by atoms with E-state index < -0.39 is 10.0 Å². The number of rotatable bonds is 5. The van der Waals surface area contributed by atoms with Crippen LogP contribution in [-0.4, -0.2) is 59.5 Å². The topological polar surface area (TPSA) is 69.3 Å². The Morgan fingerprint density at radius 2 is 1.73 bits per heavy atom. The highest BCUT2D eigenvalue weighted by Gasteiger charge is 2.37. The second kappa shape index (κ2) is 7.50. The number of benzene rings is 1. The molecule has 0 spiro atoms. The van der Waals surface area contributed by atoms with E-state index in [1.165, 1.54) is 5.56 Å². The Morgan fingerprint density at radius 3 is 2.27 bits per heavy atom. The van der Waals surface area contributed by atoms with E-state index in [1.54, 1.807) is 18.2 Å². The van der Waals surface area contributed by atoms with Crippen molar-refractivity contribution < 1.29 is 8.42 Å². The maximum atomic E-state index is 13.1. The quantitative estimate of drug-likeness (QED) is 0.870. The van der Waals surface area contributed by atoms with Crippen molar-refractivity contribution >= 4 is 10.0 Å². The van der Waals surface area contributed by atoms with Crippen LogP contribution in [0.4, 0.5) is 0 Å². The molecule has 1 fully saturated rings. The Kier molecular flexibility index (Phi) is 5.50. The van der Waals surface area contributed by atoms with Gasteiger partial charge in [0.25, 0.3) is 0 Å². The van der Waals surface area contributed by atoms with E-state index in [2.05, 4.69) is 53.2 Å². The summed E-state index contributed by atoms with van der Waals surface area (Å²) in [7, 11) is -3.52. The molecule has 1 aliphatic rings. The first-order chi connectivity index (χ1) is 12.3. The van der Waals surface area contributed by atoms with Gasteiger partial charge in [-0.1, -0.05) is 30.3 Å². The van der Waals surface area contributed by atoms with Crippen molar-refractivity contribution in [1.82, 2.24) is 19.4 Å². The molecule has 7 heteroatoms. The highest BCUT2D eigenvalue weighted by atomic mass is 32.2. The standard InChI is InChI=1S/C19H28N4O2S/c1-14-12-22(26(24,25)19-16(3)20-21-17(19)4)13-15(2)23(14)11-10-18-8-6-5-7-9-18/h5-9,14-15H,10-13H2,1-4H3,(H,20,21). The first-order valence-electron chi connectivity index (χ1n) is 9.12. The molecule has 1 saturated heterocycles. The monoisotopic (exact) mass is 376 g/mol. The lowest BCUT2D eigenvalue weighted by Crippen LogP contribution is -2.58. The normalized spacial score (nSPS) is 22.6. The summed E-state index contributed by atoms with van der Waals surface area (Å²) in [6, 6.07) is 10.8. The van der Waals surface area contributed by atoms with E-state index in [-0.39, 0.29) is 12.1 Å². The Bertz CT molecular complexity index is 816. The average molecular weight is 377 g/mol. The van der Waals surface area contributed by atoms with Crippen molar-refractivity contribution in [3.63, 3.8) is 0 Å². The number of H-pyrrole nitrogens is 1. The maximum Gasteiger partial charge on any atom is 0.246 e. The highest BCUT2D eigenvalue weighted by Crippen LogP contribution is 2.26. The van der Waals surface area contributed by atoms with Crippen LogP contribution in [0, 0.1) is 13.8 Å². The minimum atomic E-state index is -3.52. The van der Waals surface area contributed by atoms with Crippen molar-refractivity contribution in [2.24, 2.45) is 0 Å².